The molecule has 1 aliphatic heterocycles. The van der Waals surface area contributed by atoms with Crippen LogP contribution in [0.2, 0.25) is 0 Å². The number of hydrogen-bond donors (Lipinski definition) is 0. The van der Waals surface area contributed by atoms with Crippen LogP contribution in [-0.4, -0.2) is 12.6 Å². The first kappa shape index (κ1) is 15.3. The minimum Gasteiger partial charge on any atom is -0.427 e. The molecule has 0 radical (unpaired) electrons. The molecule has 22 heavy (non-hydrogen) atoms. The van der Waals surface area contributed by atoms with Crippen LogP contribution in [0.25, 0.3) is 0 Å². The van der Waals surface area contributed by atoms with E-state index in [4.69, 9.17) is 9.47 Å². The first-order chi connectivity index (χ1) is 10.5. The molecule has 3 rings (SSSR count). The Hall–Kier alpha value is -1.61. The van der Waals surface area contributed by atoms with E-state index < -0.39 is 0 Å². The summed E-state index contributed by atoms with van der Waals surface area (Å²) in [5.74, 6) is 2.57. The van der Waals surface area contributed by atoms with Gasteiger partial charge in [-0.1, -0.05) is 37.6 Å². The zero-order chi connectivity index (χ0) is 15.9. The molecule has 1 aliphatic carbocycles. The van der Waals surface area contributed by atoms with Gasteiger partial charge in [0.05, 0.1) is 12.7 Å². The summed E-state index contributed by atoms with van der Waals surface area (Å²) in [5, 5.41) is 0. The molecular formula is C19H24O3. The van der Waals surface area contributed by atoms with Gasteiger partial charge in [0.25, 0.3) is 0 Å². The van der Waals surface area contributed by atoms with E-state index in [1.54, 1.807) is 0 Å². The van der Waals surface area contributed by atoms with Crippen LogP contribution in [0.5, 0.6) is 5.75 Å². The third-order valence-corrected chi connectivity index (χ3v) is 5.23. The van der Waals surface area contributed by atoms with Crippen LogP contribution in [0.15, 0.2) is 35.9 Å². The first-order valence-corrected chi connectivity index (χ1v) is 8.05. The Kier molecular flexibility index (Phi) is 4.09. The van der Waals surface area contributed by atoms with Gasteiger partial charge in [-0.2, -0.15) is 0 Å². The van der Waals surface area contributed by atoms with E-state index in [-0.39, 0.29) is 12.1 Å². The molecule has 0 unspecified atom stereocenters. The molecule has 2 aliphatic rings. The number of fused-ring (bicyclic) bond motifs is 2. The van der Waals surface area contributed by atoms with Crippen molar-refractivity contribution >= 4 is 5.97 Å². The molecule has 118 valence electrons. The summed E-state index contributed by atoms with van der Waals surface area (Å²) >= 11 is 0. The van der Waals surface area contributed by atoms with Crippen molar-refractivity contribution in [1.82, 2.24) is 0 Å². The van der Waals surface area contributed by atoms with Crippen molar-refractivity contribution < 1.29 is 14.3 Å². The van der Waals surface area contributed by atoms with Crippen molar-refractivity contribution in [2.24, 2.45) is 23.7 Å². The molecule has 3 nitrogen and oxygen atoms in total. The maximum Gasteiger partial charge on any atom is 0.308 e. The van der Waals surface area contributed by atoms with Gasteiger partial charge in [-0.25, -0.2) is 0 Å². The molecule has 2 bridgehead atoms. The molecule has 1 aromatic rings. The van der Waals surface area contributed by atoms with Gasteiger partial charge in [0.1, 0.15) is 5.75 Å². The molecule has 0 spiro atoms. The van der Waals surface area contributed by atoms with Gasteiger partial charge in [-0.05, 0) is 42.4 Å². The minimum absolute atomic E-state index is 0.0985. The van der Waals surface area contributed by atoms with E-state index in [0.29, 0.717) is 29.4 Å². The van der Waals surface area contributed by atoms with Crippen LogP contribution in [0.3, 0.4) is 0 Å². The topological polar surface area (TPSA) is 35.5 Å². The van der Waals surface area contributed by atoms with Gasteiger partial charge in [-0.15, -0.1) is 0 Å². The average molecular weight is 300 g/mol. The Morgan fingerprint density at radius 1 is 1.23 bits per heavy atom. The molecule has 1 aromatic carbocycles. The van der Waals surface area contributed by atoms with Gasteiger partial charge in [0.15, 0.2) is 0 Å². The normalized spacial score (nSPS) is 34.0. The number of ether oxygens (including phenoxy) is 2. The fourth-order valence-corrected chi connectivity index (χ4v) is 4.14. The Morgan fingerprint density at radius 2 is 1.91 bits per heavy atom. The second-order valence-electron chi connectivity index (χ2n) is 6.74. The Bertz CT molecular complexity index is 587. The van der Waals surface area contributed by atoms with Crippen molar-refractivity contribution in [2.75, 3.05) is 6.61 Å². The summed E-state index contributed by atoms with van der Waals surface area (Å²) in [5.41, 5.74) is 2.60. The zero-order valence-corrected chi connectivity index (χ0v) is 13.7. The molecule has 3 heteroatoms. The number of benzene rings is 1. The highest BCUT2D eigenvalue weighted by molar-refractivity contribution is 5.69. The van der Waals surface area contributed by atoms with Crippen molar-refractivity contribution in [3.05, 3.63) is 41.5 Å². The van der Waals surface area contributed by atoms with Crippen LogP contribution >= 0.6 is 0 Å². The third kappa shape index (κ3) is 2.70. The fourth-order valence-electron chi connectivity index (χ4n) is 4.14. The zero-order valence-electron chi connectivity index (χ0n) is 13.7. The molecule has 0 aromatic heterocycles. The molecule has 5 atom stereocenters. The first-order valence-electron chi connectivity index (χ1n) is 8.05. The summed E-state index contributed by atoms with van der Waals surface area (Å²) in [4.78, 5) is 11.0. The maximum atomic E-state index is 11.0. The number of hydrogen-bond acceptors (Lipinski definition) is 3. The summed E-state index contributed by atoms with van der Waals surface area (Å²) in [6.07, 6.45) is 2.51. The van der Waals surface area contributed by atoms with Crippen LogP contribution in [-0.2, 0) is 9.53 Å². The van der Waals surface area contributed by atoms with Crippen molar-refractivity contribution in [3.8, 4) is 5.75 Å². The fraction of sp³-hybridized carbons (Fsp3) is 0.526. The van der Waals surface area contributed by atoms with Crippen molar-refractivity contribution in [2.45, 2.75) is 33.8 Å². The third-order valence-electron chi connectivity index (χ3n) is 5.23. The minimum atomic E-state index is -0.293. The maximum absolute atomic E-state index is 11.0. The molecular weight excluding hydrogens is 276 g/mol. The summed E-state index contributed by atoms with van der Waals surface area (Å²) < 4.78 is 11.3. The van der Waals surface area contributed by atoms with Crippen molar-refractivity contribution in [1.29, 1.82) is 0 Å². The van der Waals surface area contributed by atoms with Crippen LogP contribution in [0, 0.1) is 23.7 Å². The van der Waals surface area contributed by atoms with Gasteiger partial charge in [0, 0.05) is 12.8 Å². The Balaban J connectivity index is 1.86. The van der Waals surface area contributed by atoms with E-state index in [9.17, 15) is 4.79 Å². The van der Waals surface area contributed by atoms with Gasteiger partial charge < -0.3 is 9.47 Å². The monoisotopic (exact) mass is 300 g/mol. The predicted molar refractivity (Wildman–Crippen MR) is 85.5 cm³/mol. The van der Waals surface area contributed by atoms with E-state index in [1.807, 2.05) is 24.3 Å². The van der Waals surface area contributed by atoms with Crippen LogP contribution in [0.4, 0.5) is 0 Å². The highest BCUT2D eigenvalue weighted by Crippen LogP contribution is 2.49. The lowest BCUT2D eigenvalue weighted by atomic mass is 9.64. The smallest absolute Gasteiger partial charge is 0.308 e. The highest BCUT2D eigenvalue weighted by atomic mass is 16.5. The number of allylic oxidation sites excluding steroid dienone is 1. The molecule has 0 N–H and O–H groups in total. The Labute approximate surface area is 132 Å². The Morgan fingerprint density at radius 3 is 2.55 bits per heavy atom. The van der Waals surface area contributed by atoms with Crippen molar-refractivity contribution in [3.63, 3.8) is 0 Å². The summed E-state index contributed by atoms with van der Waals surface area (Å²) in [6.45, 7) is 9.10. The van der Waals surface area contributed by atoms with E-state index in [2.05, 4.69) is 26.8 Å². The lowest BCUT2D eigenvalue weighted by Crippen LogP contribution is -2.42. The lowest BCUT2D eigenvalue weighted by molar-refractivity contribution is -0.131. The van der Waals surface area contributed by atoms with Crippen LogP contribution in [0.1, 0.15) is 39.4 Å². The summed E-state index contributed by atoms with van der Waals surface area (Å²) in [6, 6.07) is 7.73. The van der Waals surface area contributed by atoms with E-state index >= 15 is 0 Å². The van der Waals surface area contributed by atoms with Gasteiger partial charge in [0.2, 0.25) is 0 Å². The number of esters is 1. The van der Waals surface area contributed by atoms with Crippen LogP contribution < -0.4 is 4.74 Å². The van der Waals surface area contributed by atoms with E-state index in [1.165, 1.54) is 12.5 Å². The van der Waals surface area contributed by atoms with E-state index in [0.717, 1.165) is 12.2 Å². The second kappa shape index (κ2) is 5.88. The summed E-state index contributed by atoms with van der Waals surface area (Å²) in [7, 11) is 0. The average Bonchev–Trinajstić information content (AvgIpc) is 2.45. The number of carbonyl (C=O) groups is 1. The molecule has 1 heterocycles. The molecule has 1 saturated heterocycles. The number of rotatable bonds is 2. The quantitative estimate of drug-likeness (QED) is 0.467. The predicted octanol–water partition coefficient (Wildman–Crippen LogP) is 4.15. The lowest BCUT2D eigenvalue weighted by Gasteiger charge is -2.47. The highest BCUT2D eigenvalue weighted by Gasteiger charge is 2.43. The molecule has 0 amide bonds. The van der Waals surface area contributed by atoms with Gasteiger partial charge in [-0.3, -0.25) is 4.79 Å². The van der Waals surface area contributed by atoms with Gasteiger partial charge >= 0.3 is 5.97 Å². The number of carbonyl (C=O) groups excluding carboxylic acids is 1. The SMILES string of the molecule is CC(=O)Oc1ccc([C@@H]2OC[C@H]3[C@@H](C)[C@H]2C(C)=C[C@@H]3C)cc1. The second-order valence-corrected chi connectivity index (χ2v) is 6.74. The largest absolute Gasteiger partial charge is 0.427 e. The standard InChI is InChI=1S/C19H24O3/c1-11-9-12(2)18-13(3)17(11)10-21-19(18)15-5-7-16(8-6-15)22-14(4)20/h5-9,11,13,17-19H,10H2,1-4H3/t11-,13+,17+,18+,19-/m0/s1. The molecule has 0 saturated carbocycles. The molecule has 1 fully saturated rings.